The highest BCUT2D eigenvalue weighted by atomic mass is 16.5. The predicted octanol–water partition coefficient (Wildman–Crippen LogP) is 3.60. The Morgan fingerprint density at radius 3 is 2.48 bits per heavy atom. The van der Waals surface area contributed by atoms with Crippen molar-refractivity contribution < 1.29 is 14.3 Å². The molecule has 5 heteroatoms. The quantitative estimate of drug-likeness (QED) is 0.731. The summed E-state index contributed by atoms with van der Waals surface area (Å²) in [5.74, 6) is 1.43. The molecule has 0 fully saturated rings. The number of rotatable bonds is 9. The number of anilines is 1. The van der Waals surface area contributed by atoms with E-state index >= 15 is 0 Å². The summed E-state index contributed by atoms with van der Waals surface area (Å²) in [7, 11) is 0. The van der Waals surface area contributed by atoms with Crippen molar-refractivity contribution in [1.82, 2.24) is 5.32 Å². The molecule has 2 aromatic carbocycles. The van der Waals surface area contributed by atoms with Crippen molar-refractivity contribution in [2.24, 2.45) is 0 Å². The molecule has 0 heterocycles. The molecule has 0 bridgehead atoms. The number of hydrogen-bond donors (Lipinski definition) is 2. The van der Waals surface area contributed by atoms with Crippen LogP contribution in [0.3, 0.4) is 0 Å². The second-order valence-electron chi connectivity index (χ2n) is 5.89. The molecule has 0 spiro atoms. The van der Waals surface area contributed by atoms with Gasteiger partial charge in [0, 0.05) is 6.54 Å². The summed E-state index contributed by atoms with van der Waals surface area (Å²) >= 11 is 0. The van der Waals surface area contributed by atoms with Crippen LogP contribution in [0.1, 0.15) is 26.3 Å². The van der Waals surface area contributed by atoms with Crippen LogP contribution in [0, 0.1) is 0 Å². The Morgan fingerprint density at radius 2 is 1.80 bits per heavy atom. The summed E-state index contributed by atoms with van der Waals surface area (Å²) in [6.07, 6.45) is 0.159. The lowest BCUT2D eigenvalue weighted by Crippen LogP contribution is -2.27. The van der Waals surface area contributed by atoms with Crippen LogP contribution in [0.5, 0.6) is 11.5 Å². The van der Waals surface area contributed by atoms with E-state index < -0.39 is 0 Å². The third-order valence-electron chi connectivity index (χ3n) is 3.37. The number of para-hydroxylation sites is 2. The Morgan fingerprint density at radius 1 is 1.08 bits per heavy atom. The first-order chi connectivity index (χ1) is 12.1. The molecule has 0 radical (unpaired) electrons. The number of benzene rings is 2. The van der Waals surface area contributed by atoms with Crippen LogP contribution in [-0.2, 0) is 11.3 Å². The van der Waals surface area contributed by atoms with Gasteiger partial charge in [0.05, 0.1) is 24.9 Å². The van der Waals surface area contributed by atoms with Crippen LogP contribution in [-0.4, -0.2) is 25.2 Å². The molecule has 2 N–H and O–H groups in total. The van der Waals surface area contributed by atoms with Crippen LogP contribution >= 0.6 is 0 Å². The second kappa shape index (κ2) is 9.69. The van der Waals surface area contributed by atoms with Crippen LogP contribution < -0.4 is 20.1 Å². The normalized spacial score (nSPS) is 10.6. The number of hydrogen-bond acceptors (Lipinski definition) is 4. The average Bonchev–Trinajstić information content (AvgIpc) is 2.58. The van der Waals surface area contributed by atoms with E-state index in [2.05, 4.69) is 10.6 Å². The number of ether oxygens (including phenoxy) is 2. The van der Waals surface area contributed by atoms with E-state index in [9.17, 15) is 4.79 Å². The van der Waals surface area contributed by atoms with Gasteiger partial charge in [0.15, 0.2) is 0 Å². The van der Waals surface area contributed by atoms with Crippen LogP contribution in [0.2, 0.25) is 0 Å². The molecule has 134 valence electrons. The first-order valence-corrected chi connectivity index (χ1v) is 8.56. The van der Waals surface area contributed by atoms with Crippen molar-refractivity contribution in [3.63, 3.8) is 0 Å². The maximum Gasteiger partial charge on any atom is 0.238 e. The molecule has 0 saturated carbocycles. The third kappa shape index (κ3) is 6.47. The van der Waals surface area contributed by atoms with E-state index in [1.165, 1.54) is 0 Å². The smallest absolute Gasteiger partial charge is 0.238 e. The van der Waals surface area contributed by atoms with Gasteiger partial charge < -0.3 is 20.1 Å². The zero-order chi connectivity index (χ0) is 18.1. The fourth-order valence-electron chi connectivity index (χ4n) is 2.32. The summed E-state index contributed by atoms with van der Waals surface area (Å²) in [6, 6.07) is 15.3. The van der Waals surface area contributed by atoms with Crippen molar-refractivity contribution in [1.29, 1.82) is 0 Å². The van der Waals surface area contributed by atoms with Crippen molar-refractivity contribution in [3.8, 4) is 11.5 Å². The summed E-state index contributed by atoms with van der Waals surface area (Å²) in [6.45, 7) is 7.31. The van der Waals surface area contributed by atoms with Crippen molar-refractivity contribution in [3.05, 3.63) is 54.1 Å². The van der Waals surface area contributed by atoms with Gasteiger partial charge in [-0.25, -0.2) is 0 Å². The summed E-state index contributed by atoms with van der Waals surface area (Å²) in [4.78, 5) is 12.1. The molecule has 0 unspecified atom stereocenters. The molecule has 25 heavy (non-hydrogen) atoms. The van der Waals surface area contributed by atoms with Crippen LogP contribution in [0.4, 0.5) is 5.69 Å². The molecule has 1 amide bonds. The summed E-state index contributed by atoms with van der Waals surface area (Å²) in [5, 5.41) is 6.01. The van der Waals surface area contributed by atoms with Crippen LogP contribution in [0.25, 0.3) is 0 Å². The molecule has 2 rings (SSSR count). The number of carbonyl (C=O) groups is 1. The number of carbonyl (C=O) groups excluding carboxylic acids is 1. The minimum atomic E-state index is -0.105. The molecule has 0 aliphatic heterocycles. The molecule has 5 nitrogen and oxygen atoms in total. The van der Waals surface area contributed by atoms with Gasteiger partial charge in [0.2, 0.25) is 5.91 Å². The van der Waals surface area contributed by atoms with Gasteiger partial charge >= 0.3 is 0 Å². The van der Waals surface area contributed by atoms with E-state index in [1.54, 1.807) is 0 Å². The lowest BCUT2D eigenvalue weighted by Gasteiger charge is -2.12. The van der Waals surface area contributed by atoms with E-state index in [0.29, 0.717) is 24.6 Å². The number of nitrogens with one attached hydrogen (secondary N) is 2. The Labute approximate surface area is 149 Å². The topological polar surface area (TPSA) is 59.6 Å². The van der Waals surface area contributed by atoms with Gasteiger partial charge in [-0.3, -0.25) is 4.79 Å². The first-order valence-electron chi connectivity index (χ1n) is 8.56. The Kier molecular flexibility index (Phi) is 7.29. The molecular weight excluding hydrogens is 316 g/mol. The average molecular weight is 342 g/mol. The molecule has 2 aromatic rings. The van der Waals surface area contributed by atoms with Gasteiger partial charge in [-0.2, -0.15) is 0 Å². The lowest BCUT2D eigenvalue weighted by molar-refractivity contribution is -0.115. The maximum absolute atomic E-state index is 12.1. The first kappa shape index (κ1) is 18.8. The molecule has 0 atom stereocenters. The van der Waals surface area contributed by atoms with E-state index in [-0.39, 0.29) is 18.6 Å². The molecular formula is C20H26N2O3. The largest absolute Gasteiger partial charge is 0.492 e. The minimum absolute atomic E-state index is 0.105. The molecule has 0 aliphatic carbocycles. The van der Waals surface area contributed by atoms with E-state index in [0.717, 1.165) is 11.3 Å². The van der Waals surface area contributed by atoms with Crippen molar-refractivity contribution in [2.45, 2.75) is 33.4 Å². The summed E-state index contributed by atoms with van der Waals surface area (Å²) < 4.78 is 11.1. The van der Waals surface area contributed by atoms with Gasteiger partial charge in [0.25, 0.3) is 0 Å². The highest BCUT2D eigenvalue weighted by Gasteiger charge is 2.07. The highest BCUT2D eigenvalue weighted by molar-refractivity contribution is 5.93. The van der Waals surface area contributed by atoms with Crippen molar-refractivity contribution in [2.75, 3.05) is 18.5 Å². The summed E-state index contributed by atoms with van der Waals surface area (Å²) in [5.41, 5.74) is 1.78. The third-order valence-corrected chi connectivity index (χ3v) is 3.37. The Hall–Kier alpha value is -2.53. The van der Waals surface area contributed by atoms with Gasteiger partial charge in [-0.05, 0) is 50.6 Å². The zero-order valence-electron chi connectivity index (χ0n) is 15.0. The van der Waals surface area contributed by atoms with E-state index in [1.807, 2.05) is 69.3 Å². The standard InChI is InChI=1S/C20H26N2O3/c1-4-24-19-8-6-5-7-18(19)22-20(23)14-21-13-16-9-11-17(12-10-16)25-15(2)3/h5-12,15,21H,4,13-14H2,1-3H3,(H,22,23). The zero-order valence-corrected chi connectivity index (χ0v) is 15.0. The predicted molar refractivity (Wildman–Crippen MR) is 100 cm³/mol. The maximum atomic E-state index is 12.1. The van der Waals surface area contributed by atoms with Crippen molar-refractivity contribution >= 4 is 11.6 Å². The minimum Gasteiger partial charge on any atom is -0.492 e. The fourth-order valence-corrected chi connectivity index (χ4v) is 2.32. The van der Waals surface area contributed by atoms with Gasteiger partial charge in [-0.1, -0.05) is 24.3 Å². The van der Waals surface area contributed by atoms with Crippen LogP contribution in [0.15, 0.2) is 48.5 Å². The SMILES string of the molecule is CCOc1ccccc1NC(=O)CNCc1ccc(OC(C)C)cc1. The molecule has 0 aromatic heterocycles. The monoisotopic (exact) mass is 342 g/mol. The van der Waals surface area contributed by atoms with E-state index in [4.69, 9.17) is 9.47 Å². The molecule has 0 saturated heterocycles. The fraction of sp³-hybridized carbons (Fsp3) is 0.350. The van der Waals surface area contributed by atoms with Gasteiger partial charge in [-0.15, -0.1) is 0 Å². The second-order valence-corrected chi connectivity index (χ2v) is 5.89. The number of amides is 1. The van der Waals surface area contributed by atoms with Gasteiger partial charge in [0.1, 0.15) is 11.5 Å². The molecule has 0 aliphatic rings. The Balaban J connectivity index is 1.79. The lowest BCUT2D eigenvalue weighted by atomic mass is 10.2. The Bertz CT molecular complexity index is 669. The highest BCUT2D eigenvalue weighted by Crippen LogP contribution is 2.23.